The third kappa shape index (κ3) is 6.16. The average molecular weight is 664 g/mol. The van der Waals surface area contributed by atoms with Crippen molar-refractivity contribution < 1.29 is 23.7 Å². The first-order chi connectivity index (χ1) is 20.9. The largest absolute Gasteiger partial charge is 0.497 e. The number of hydrogen-bond acceptors (Lipinski definition) is 8. The number of halogens is 1. The first-order valence-corrected chi connectivity index (χ1v) is 15.5. The molecule has 0 bridgehead atoms. The SMILES string of the molecule is CCOC(=O)C1=C(c2ccccc2)N=c2s/c(=C\c3cc(Br)c(OCC)cc3OCC)c(=O)n2[C@@H]1c1ccc(OC)cc1. The Kier molecular flexibility index (Phi) is 9.47. The van der Waals surface area contributed by atoms with E-state index in [1.807, 2.05) is 80.6 Å². The minimum Gasteiger partial charge on any atom is -0.497 e. The fraction of sp³-hybridized carbons (Fsp3) is 0.242. The van der Waals surface area contributed by atoms with Crippen molar-refractivity contribution in [1.82, 2.24) is 4.57 Å². The molecule has 10 heteroatoms. The zero-order valence-electron chi connectivity index (χ0n) is 24.3. The van der Waals surface area contributed by atoms with E-state index in [0.29, 0.717) is 51.1 Å². The van der Waals surface area contributed by atoms with Crippen LogP contribution in [-0.4, -0.2) is 37.5 Å². The van der Waals surface area contributed by atoms with E-state index >= 15 is 0 Å². The van der Waals surface area contributed by atoms with Gasteiger partial charge < -0.3 is 18.9 Å². The van der Waals surface area contributed by atoms with Gasteiger partial charge in [0.05, 0.1) is 53.2 Å². The quantitative estimate of drug-likeness (QED) is 0.208. The minimum atomic E-state index is -0.781. The minimum absolute atomic E-state index is 0.178. The Morgan fingerprint density at radius 3 is 2.33 bits per heavy atom. The second-order valence-electron chi connectivity index (χ2n) is 9.39. The van der Waals surface area contributed by atoms with Crippen LogP contribution >= 0.6 is 27.3 Å². The topological polar surface area (TPSA) is 88.4 Å². The molecule has 1 aliphatic heterocycles. The summed E-state index contributed by atoms with van der Waals surface area (Å²) in [5, 5.41) is 0. The highest BCUT2D eigenvalue weighted by Gasteiger charge is 2.35. The molecule has 43 heavy (non-hydrogen) atoms. The number of carbonyl (C=O) groups is 1. The Bertz CT molecular complexity index is 1850. The number of fused-ring (bicyclic) bond motifs is 1. The van der Waals surface area contributed by atoms with E-state index in [1.54, 1.807) is 24.7 Å². The van der Waals surface area contributed by atoms with Crippen LogP contribution in [0.25, 0.3) is 11.8 Å². The number of esters is 1. The molecule has 0 radical (unpaired) electrons. The van der Waals surface area contributed by atoms with Crippen molar-refractivity contribution in [3.63, 3.8) is 0 Å². The first kappa shape index (κ1) is 30.3. The lowest BCUT2D eigenvalue weighted by atomic mass is 9.93. The van der Waals surface area contributed by atoms with E-state index in [4.69, 9.17) is 23.9 Å². The van der Waals surface area contributed by atoms with Crippen molar-refractivity contribution in [3.8, 4) is 17.2 Å². The number of aromatic nitrogens is 1. The summed E-state index contributed by atoms with van der Waals surface area (Å²) >= 11 is 4.83. The lowest BCUT2D eigenvalue weighted by Gasteiger charge is -2.26. The summed E-state index contributed by atoms with van der Waals surface area (Å²) in [6, 6.07) is 19.7. The van der Waals surface area contributed by atoms with Crippen molar-refractivity contribution >= 4 is 45.0 Å². The predicted molar refractivity (Wildman–Crippen MR) is 171 cm³/mol. The fourth-order valence-electron chi connectivity index (χ4n) is 4.89. The van der Waals surface area contributed by atoms with Crippen LogP contribution in [0.5, 0.6) is 17.2 Å². The molecule has 0 amide bonds. The van der Waals surface area contributed by atoms with Gasteiger partial charge in [-0.05, 0) is 66.5 Å². The molecule has 0 saturated carbocycles. The smallest absolute Gasteiger partial charge is 0.338 e. The molecule has 4 aromatic rings. The molecule has 1 aromatic heterocycles. The van der Waals surface area contributed by atoms with Gasteiger partial charge in [-0.25, -0.2) is 9.79 Å². The molecule has 0 spiro atoms. The molecule has 222 valence electrons. The molecule has 0 N–H and O–H groups in total. The number of methoxy groups -OCH3 is 1. The Morgan fingerprint density at radius 2 is 1.67 bits per heavy atom. The van der Waals surface area contributed by atoms with Crippen LogP contribution in [0.1, 0.15) is 43.5 Å². The number of ether oxygens (including phenoxy) is 4. The van der Waals surface area contributed by atoms with Gasteiger partial charge in [-0.2, -0.15) is 0 Å². The molecule has 2 heterocycles. The number of thiazole rings is 1. The van der Waals surface area contributed by atoms with Gasteiger partial charge in [0.1, 0.15) is 17.2 Å². The Balaban J connectivity index is 1.80. The summed E-state index contributed by atoms with van der Waals surface area (Å²) < 4.78 is 25.3. The van der Waals surface area contributed by atoms with Gasteiger partial charge >= 0.3 is 5.97 Å². The average Bonchev–Trinajstić information content (AvgIpc) is 3.33. The van der Waals surface area contributed by atoms with Gasteiger partial charge in [-0.15, -0.1) is 0 Å². The van der Waals surface area contributed by atoms with Crippen molar-refractivity contribution in [2.24, 2.45) is 4.99 Å². The standard InChI is InChI=1S/C33H31BrN2O6S/c1-5-40-25-19-26(41-6-2)24(34)17-22(25)18-27-31(37)36-30(21-13-15-23(39-4)16-14-21)28(32(38)42-7-3)29(35-33(36)43-27)20-11-9-8-10-12-20/h8-19,30H,5-7H2,1-4H3/b27-18-/t30-/m1/s1. The zero-order chi connectivity index (χ0) is 30.5. The second-order valence-corrected chi connectivity index (χ2v) is 11.3. The molecule has 3 aromatic carbocycles. The maximum atomic E-state index is 14.2. The molecule has 1 atom stereocenters. The molecule has 0 saturated heterocycles. The fourth-order valence-corrected chi connectivity index (χ4v) is 6.36. The number of hydrogen-bond donors (Lipinski definition) is 0. The van der Waals surface area contributed by atoms with Crippen LogP contribution in [0.2, 0.25) is 0 Å². The zero-order valence-corrected chi connectivity index (χ0v) is 26.7. The van der Waals surface area contributed by atoms with Crippen LogP contribution in [0, 0.1) is 0 Å². The van der Waals surface area contributed by atoms with Crippen molar-refractivity contribution in [1.29, 1.82) is 0 Å². The van der Waals surface area contributed by atoms with Gasteiger partial charge in [0.15, 0.2) is 4.80 Å². The van der Waals surface area contributed by atoms with Gasteiger partial charge in [0.2, 0.25) is 0 Å². The van der Waals surface area contributed by atoms with E-state index < -0.39 is 12.0 Å². The molecule has 0 fully saturated rings. The monoisotopic (exact) mass is 662 g/mol. The van der Waals surface area contributed by atoms with Crippen LogP contribution in [0.4, 0.5) is 0 Å². The number of rotatable bonds is 10. The Hall–Kier alpha value is -4.15. The van der Waals surface area contributed by atoms with E-state index in [1.165, 1.54) is 11.3 Å². The summed E-state index contributed by atoms with van der Waals surface area (Å²) in [4.78, 5) is 33.2. The molecule has 8 nitrogen and oxygen atoms in total. The lowest BCUT2D eigenvalue weighted by molar-refractivity contribution is -0.138. The molecular formula is C33H31BrN2O6S. The molecule has 5 rings (SSSR count). The van der Waals surface area contributed by atoms with Crippen molar-refractivity contribution in [2.75, 3.05) is 26.9 Å². The summed E-state index contributed by atoms with van der Waals surface area (Å²) in [6.45, 7) is 6.68. The van der Waals surface area contributed by atoms with E-state index in [-0.39, 0.29) is 17.7 Å². The third-order valence-corrected chi connectivity index (χ3v) is 8.36. The van der Waals surface area contributed by atoms with E-state index in [9.17, 15) is 9.59 Å². The normalized spacial score (nSPS) is 14.6. The predicted octanol–water partition coefficient (Wildman–Crippen LogP) is 5.50. The summed E-state index contributed by atoms with van der Waals surface area (Å²) in [6.07, 6.45) is 1.79. The highest BCUT2D eigenvalue weighted by molar-refractivity contribution is 9.10. The highest BCUT2D eigenvalue weighted by atomic mass is 79.9. The van der Waals surface area contributed by atoms with Crippen LogP contribution in [0.3, 0.4) is 0 Å². The summed E-state index contributed by atoms with van der Waals surface area (Å²) in [5.41, 5.74) is 2.64. The Labute approximate surface area is 261 Å². The van der Waals surface area contributed by atoms with Gasteiger partial charge in [0, 0.05) is 17.2 Å². The van der Waals surface area contributed by atoms with Crippen LogP contribution < -0.4 is 29.1 Å². The van der Waals surface area contributed by atoms with Gasteiger partial charge in [0.25, 0.3) is 5.56 Å². The van der Waals surface area contributed by atoms with Crippen molar-refractivity contribution in [2.45, 2.75) is 26.8 Å². The van der Waals surface area contributed by atoms with E-state index in [0.717, 1.165) is 15.6 Å². The molecular weight excluding hydrogens is 632 g/mol. The summed E-state index contributed by atoms with van der Waals surface area (Å²) in [5.74, 6) is 1.36. The van der Waals surface area contributed by atoms with Crippen LogP contribution in [0.15, 0.2) is 86.6 Å². The van der Waals surface area contributed by atoms with E-state index in [2.05, 4.69) is 15.9 Å². The first-order valence-electron chi connectivity index (χ1n) is 13.9. The Morgan fingerprint density at radius 1 is 0.977 bits per heavy atom. The van der Waals surface area contributed by atoms with Crippen LogP contribution in [-0.2, 0) is 9.53 Å². The lowest BCUT2D eigenvalue weighted by Crippen LogP contribution is -2.40. The highest BCUT2D eigenvalue weighted by Crippen LogP contribution is 2.36. The van der Waals surface area contributed by atoms with Gasteiger partial charge in [-0.1, -0.05) is 53.8 Å². The van der Waals surface area contributed by atoms with Gasteiger partial charge in [-0.3, -0.25) is 9.36 Å². The maximum Gasteiger partial charge on any atom is 0.338 e. The summed E-state index contributed by atoms with van der Waals surface area (Å²) in [7, 11) is 1.59. The molecule has 1 aliphatic rings. The molecule has 0 aliphatic carbocycles. The number of carbonyl (C=O) groups excluding carboxylic acids is 1. The second kappa shape index (κ2) is 13.4. The maximum absolute atomic E-state index is 14.2. The number of benzene rings is 3. The third-order valence-electron chi connectivity index (χ3n) is 6.76. The molecule has 0 unspecified atom stereocenters. The van der Waals surface area contributed by atoms with Crippen molar-refractivity contribution in [3.05, 3.63) is 113 Å². The number of nitrogens with zero attached hydrogens (tertiary/aromatic N) is 2.